The van der Waals surface area contributed by atoms with Gasteiger partial charge in [-0.25, -0.2) is 0 Å². The van der Waals surface area contributed by atoms with E-state index in [-0.39, 0.29) is 0 Å². The molecule has 0 saturated heterocycles. The molecule has 0 aliphatic heterocycles. The fraction of sp³-hybridized carbons (Fsp3) is 0.929. The Morgan fingerprint density at radius 1 is 0.357 bits per heavy atom. The Morgan fingerprint density at radius 3 is 0.893 bits per heavy atom. The Kier molecular flexibility index (Phi) is 22.8. The molecule has 0 heteroatoms. The largest absolute Gasteiger partial charge is 0.0885 e. The van der Waals surface area contributed by atoms with Gasteiger partial charge in [-0.3, -0.25) is 0 Å². The first-order chi connectivity index (χ1) is 13.6. The van der Waals surface area contributed by atoms with Crippen molar-refractivity contribution in [2.75, 3.05) is 0 Å². The smallest absolute Gasteiger partial charge is 0.0351 e. The van der Waals surface area contributed by atoms with Crippen molar-refractivity contribution in [1.29, 1.82) is 0 Å². The van der Waals surface area contributed by atoms with Gasteiger partial charge in [0.15, 0.2) is 0 Å². The van der Waals surface area contributed by atoms with Gasteiger partial charge in [-0.05, 0) is 37.5 Å². The number of unbranched alkanes of at least 4 members (excludes halogenated alkanes) is 16. The average molecular weight is 393 g/mol. The zero-order chi connectivity index (χ0) is 20.7. The van der Waals surface area contributed by atoms with Gasteiger partial charge in [0, 0.05) is 0 Å². The second-order valence-corrected chi connectivity index (χ2v) is 10.1. The van der Waals surface area contributed by atoms with Gasteiger partial charge >= 0.3 is 0 Å². The van der Waals surface area contributed by atoms with Crippen LogP contribution in [0.3, 0.4) is 0 Å². The third-order valence-corrected chi connectivity index (χ3v) is 5.97. The summed E-state index contributed by atoms with van der Waals surface area (Å²) in [5, 5.41) is 0. The van der Waals surface area contributed by atoms with E-state index in [1.54, 1.807) is 0 Å². The summed E-state index contributed by atoms with van der Waals surface area (Å²) in [5.74, 6) is 1.78. The molecule has 0 aromatic carbocycles. The summed E-state index contributed by atoms with van der Waals surface area (Å²) in [6.45, 7) is 9.36. The van der Waals surface area contributed by atoms with Crippen molar-refractivity contribution < 1.29 is 0 Å². The normalized spacial score (nSPS) is 12.1. The van der Waals surface area contributed by atoms with Crippen LogP contribution in [-0.2, 0) is 0 Å². The summed E-state index contributed by atoms with van der Waals surface area (Å²) in [6.07, 6.45) is 33.5. The van der Waals surface area contributed by atoms with Crippen LogP contribution in [0, 0.1) is 11.8 Å². The standard InChI is InChI=1S/C28H56/c1-27(2)25-23-21-19-17-15-13-11-9-7-5-6-8-10-12-14-16-18-20-22-24-26-28(3)4/h5,7,27-28H,6,8-26H2,1-4H3. The van der Waals surface area contributed by atoms with Gasteiger partial charge in [-0.2, -0.15) is 0 Å². The first-order valence-corrected chi connectivity index (χ1v) is 13.3. The molecule has 0 unspecified atom stereocenters. The third-order valence-electron chi connectivity index (χ3n) is 5.97. The quantitative estimate of drug-likeness (QED) is 0.127. The summed E-state index contributed by atoms with van der Waals surface area (Å²) in [4.78, 5) is 0. The molecule has 28 heavy (non-hydrogen) atoms. The molecular weight excluding hydrogens is 336 g/mol. The maximum Gasteiger partial charge on any atom is -0.0351 e. The molecule has 0 fully saturated rings. The second kappa shape index (κ2) is 23.0. The first-order valence-electron chi connectivity index (χ1n) is 13.3. The molecule has 0 rings (SSSR count). The molecule has 0 aliphatic rings. The fourth-order valence-electron chi connectivity index (χ4n) is 3.99. The van der Waals surface area contributed by atoms with Crippen molar-refractivity contribution in [3.63, 3.8) is 0 Å². The predicted octanol–water partition coefficient (Wildman–Crippen LogP) is 10.7. The van der Waals surface area contributed by atoms with Gasteiger partial charge in [0.2, 0.25) is 0 Å². The summed E-state index contributed by atoms with van der Waals surface area (Å²) in [6, 6.07) is 0. The van der Waals surface area contributed by atoms with E-state index in [0.29, 0.717) is 0 Å². The minimum atomic E-state index is 0.890. The molecular formula is C28H56. The summed E-state index contributed by atoms with van der Waals surface area (Å²) in [5.41, 5.74) is 0. The van der Waals surface area contributed by atoms with Gasteiger partial charge in [0.05, 0.1) is 0 Å². The Bertz CT molecular complexity index is 299. The third kappa shape index (κ3) is 25.7. The van der Waals surface area contributed by atoms with E-state index >= 15 is 0 Å². The Labute approximate surface area is 180 Å². The van der Waals surface area contributed by atoms with Crippen LogP contribution in [0.1, 0.15) is 156 Å². The van der Waals surface area contributed by atoms with Crippen molar-refractivity contribution in [2.45, 2.75) is 156 Å². The number of hydrogen-bond donors (Lipinski definition) is 0. The highest BCUT2D eigenvalue weighted by Crippen LogP contribution is 2.14. The number of allylic oxidation sites excluding steroid dienone is 2. The number of rotatable bonds is 22. The Balaban J connectivity index is 3.09. The first kappa shape index (κ1) is 27.7. The second-order valence-electron chi connectivity index (χ2n) is 10.1. The minimum Gasteiger partial charge on any atom is -0.0885 e. The van der Waals surface area contributed by atoms with E-state index in [1.807, 2.05) is 0 Å². The van der Waals surface area contributed by atoms with E-state index in [0.717, 1.165) is 11.8 Å². The lowest BCUT2D eigenvalue weighted by atomic mass is 10.0. The van der Waals surface area contributed by atoms with Crippen molar-refractivity contribution in [3.05, 3.63) is 12.2 Å². The molecule has 168 valence electrons. The maximum atomic E-state index is 2.45. The van der Waals surface area contributed by atoms with Gasteiger partial charge in [-0.15, -0.1) is 0 Å². The Morgan fingerprint density at radius 2 is 0.607 bits per heavy atom. The van der Waals surface area contributed by atoms with Crippen LogP contribution >= 0.6 is 0 Å². The number of hydrogen-bond acceptors (Lipinski definition) is 0. The SMILES string of the molecule is CC(C)CCCCCCCCCC=CCCCCCCCCCCCC(C)C. The van der Waals surface area contributed by atoms with Crippen LogP contribution in [0.2, 0.25) is 0 Å². The lowest BCUT2D eigenvalue weighted by molar-refractivity contribution is 0.506. The summed E-state index contributed by atoms with van der Waals surface area (Å²) in [7, 11) is 0. The zero-order valence-corrected chi connectivity index (χ0v) is 20.5. The van der Waals surface area contributed by atoms with Crippen LogP contribution in [0.15, 0.2) is 12.2 Å². The molecule has 0 amide bonds. The van der Waals surface area contributed by atoms with Crippen LogP contribution in [0.5, 0.6) is 0 Å². The van der Waals surface area contributed by atoms with Gasteiger partial charge in [0.25, 0.3) is 0 Å². The minimum absolute atomic E-state index is 0.890. The zero-order valence-electron chi connectivity index (χ0n) is 20.5. The Hall–Kier alpha value is -0.260. The molecule has 0 spiro atoms. The van der Waals surface area contributed by atoms with Gasteiger partial charge in [-0.1, -0.05) is 143 Å². The lowest BCUT2D eigenvalue weighted by Crippen LogP contribution is -1.87. The lowest BCUT2D eigenvalue weighted by Gasteiger charge is -2.04. The van der Waals surface area contributed by atoms with E-state index < -0.39 is 0 Å². The van der Waals surface area contributed by atoms with Crippen LogP contribution in [-0.4, -0.2) is 0 Å². The monoisotopic (exact) mass is 392 g/mol. The van der Waals surface area contributed by atoms with E-state index in [9.17, 15) is 0 Å². The molecule has 0 aromatic rings. The van der Waals surface area contributed by atoms with E-state index in [1.165, 1.54) is 128 Å². The fourth-order valence-corrected chi connectivity index (χ4v) is 3.99. The predicted molar refractivity (Wildman–Crippen MR) is 131 cm³/mol. The molecule has 0 aliphatic carbocycles. The van der Waals surface area contributed by atoms with E-state index in [4.69, 9.17) is 0 Å². The van der Waals surface area contributed by atoms with Crippen LogP contribution in [0.25, 0.3) is 0 Å². The molecule has 0 atom stereocenters. The molecule has 0 bridgehead atoms. The highest BCUT2D eigenvalue weighted by atomic mass is 14.0. The molecule has 0 radical (unpaired) electrons. The van der Waals surface area contributed by atoms with Crippen molar-refractivity contribution >= 4 is 0 Å². The van der Waals surface area contributed by atoms with Gasteiger partial charge < -0.3 is 0 Å². The molecule has 0 heterocycles. The highest BCUT2D eigenvalue weighted by Gasteiger charge is 1.96. The van der Waals surface area contributed by atoms with Gasteiger partial charge in [0.1, 0.15) is 0 Å². The summed E-state index contributed by atoms with van der Waals surface area (Å²) < 4.78 is 0. The van der Waals surface area contributed by atoms with Crippen LogP contribution in [0.4, 0.5) is 0 Å². The molecule has 0 N–H and O–H groups in total. The molecule has 0 saturated carbocycles. The van der Waals surface area contributed by atoms with Crippen molar-refractivity contribution in [1.82, 2.24) is 0 Å². The van der Waals surface area contributed by atoms with Crippen LogP contribution < -0.4 is 0 Å². The maximum absolute atomic E-state index is 2.45. The topological polar surface area (TPSA) is 0 Å². The van der Waals surface area contributed by atoms with Crippen molar-refractivity contribution in [2.24, 2.45) is 11.8 Å². The van der Waals surface area contributed by atoms with Crippen molar-refractivity contribution in [3.8, 4) is 0 Å². The van der Waals surface area contributed by atoms with E-state index in [2.05, 4.69) is 39.8 Å². The summed E-state index contributed by atoms with van der Waals surface area (Å²) >= 11 is 0. The highest BCUT2D eigenvalue weighted by molar-refractivity contribution is 4.81. The molecule has 0 nitrogen and oxygen atoms in total. The average Bonchev–Trinajstić information content (AvgIpc) is 2.65. The molecule has 0 aromatic heterocycles.